The maximum absolute atomic E-state index is 6.45. The van der Waals surface area contributed by atoms with Gasteiger partial charge >= 0.3 is 0 Å². The number of rotatable bonds is 5. The van der Waals surface area contributed by atoms with Crippen molar-refractivity contribution in [2.75, 3.05) is 0 Å². The van der Waals surface area contributed by atoms with E-state index in [4.69, 9.17) is 4.43 Å². The normalized spacial score (nSPS) is 17.8. The van der Waals surface area contributed by atoms with Gasteiger partial charge in [0.2, 0.25) is 0 Å². The summed E-state index contributed by atoms with van der Waals surface area (Å²) in [6, 6.07) is 0. The van der Waals surface area contributed by atoms with E-state index in [-0.39, 0.29) is 0 Å². The zero-order valence-electron chi connectivity index (χ0n) is 11.8. The largest absolute Gasteiger partial charge is 0.413 e. The average Bonchev–Trinajstić information content (AvgIpc) is 2.12. The fourth-order valence-corrected chi connectivity index (χ4v) is 3.50. The van der Waals surface area contributed by atoms with Crippen molar-refractivity contribution in [2.45, 2.75) is 65.3 Å². The van der Waals surface area contributed by atoms with E-state index in [9.17, 15) is 0 Å². The third-order valence-corrected chi connectivity index (χ3v) is 8.54. The number of hydrogen-bond acceptors (Lipinski definition) is 1. The van der Waals surface area contributed by atoms with Gasteiger partial charge in [0.05, 0.1) is 6.10 Å². The SMILES string of the molecule is CC[C@@H](O[Si](C)(C)C(C)(C)C)[C@H](C)/C=C/I. The Hall–Kier alpha value is 0.647. The molecule has 0 aliphatic heterocycles. The molecule has 0 aromatic rings. The van der Waals surface area contributed by atoms with E-state index in [1.54, 1.807) is 0 Å². The maximum Gasteiger partial charge on any atom is 0.192 e. The molecule has 3 heteroatoms. The van der Waals surface area contributed by atoms with Gasteiger partial charge in [-0.3, -0.25) is 0 Å². The minimum Gasteiger partial charge on any atom is -0.413 e. The van der Waals surface area contributed by atoms with E-state index < -0.39 is 8.32 Å². The van der Waals surface area contributed by atoms with Crippen LogP contribution in [0.15, 0.2) is 10.2 Å². The van der Waals surface area contributed by atoms with E-state index in [2.05, 4.69) is 80.5 Å². The predicted molar refractivity (Wildman–Crippen MR) is 84.7 cm³/mol. The second-order valence-corrected chi connectivity index (χ2v) is 11.5. The van der Waals surface area contributed by atoms with E-state index in [1.165, 1.54) is 0 Å². The molecule has 0 N–H and O–H groups in total. The zero-order valence-corrected chi connectivity index (χ0v) is 15.0. The fourth-order valence-electron chi connectivity index (χ4n) is 1.36. The van der Waals surface area contributed by atoms with Crippen LogP contribution in [0.4, 0.5) is 0 Å². The summed E-state index contributed by atoms with van der Waals surface area (Å²) in [5.41, 5.74) is 0. The number of hydrogen-bond donors (Lipinski definition) is 0. The Bertz CT molecular complexity index is 231. The van der Waals surface area contributed by atoms with Gasteiger partial charge in [0.25, 0.3) is 0 Å². The molecule has 0 radical (unpaired) electrons. The second kappa shape index (κ2) is 6.54. The summed E-state index contributed by atoms with van der Waals surface area (Å²) in [5, 5.41) is 0.300. The minimum atomic E-state index is -1.62. The molecule has 0 saturated heterocycles. The quantitative estimate of drug-likeness (QED) is 0.476. The number of halogens is 1. The van der Waals surface area contributed by atoms with Crippen LogP contribution in [0.1, 0.15) is 41.0 Å². The van der Waals surface area contributed by atoms with Crippen LogP contribution in [0, 0.1) is 5.92 Å². The lowest BCUT2D eigenvalue weighted by Crippen LogP contribution is -2.45. The Balaban J connectivity index is 4.66. The molecule has 0 aliphatic rings. The lowest BCUT2D eigenvalue weighted by molar-refractivity contribution is 0.141. The van der Waals surface area contributed by atoms with Gasteiger partial charge in [0.15, 0.2) is 8.32 Å². The highest BCUT2D eigenvalue weighted by molar-refractivity contribution is 14.1. The highest BCUT2D eigenvalue weighted by Crippen LogP contribution is 2.38. The molecule has 96 valence electrons. The van der Waals surface area contributed by atoms with Gasteiger partial charge in [0.1, 0.15) is 0 Å². The summed E-state index contributed by atoms with van der Waals surface area (Å²) in [5.74, 6) is 0.510. The summed E-state index contributed by atoms with van der Waals surface area (Å²) in [7, 11) is -1.62. The molecule has 0 aromatic heterocycles. The lowest BCUT2D eigenvalue weighted by Gasteiger charge is -2.40. The van der Waals surface area contributed by atoms with Crippen molar-refractivity contribution in [2.24, 2.45) is 5.92 Å². The van der Waals surface area contributed by atoms with E-state index in [0.717, 1.165) is 6.42 Å². The lowest BCUT2D eigenvalue weighted by atomic mass is 10.0. The first-order chi connectivity index (χ1) is 7.15. The Morgan fingerprint density at radius 3 is 2.12 bits per heavy atom. The van der Waals surface area contributed by atoms with Gasteiger partial charge in [-0.15, -0.1) is 0 Å². The molecular weight excluding hydrogens is 327 g/mol. The van der Waals surface area contributed by atoms with Crippen molar-refractivity contribution < 1.29 is 4.43 Å². The molecule has 0 bridgehead atoms. The molecule has 0 unspecified atom stereocenters. The van der Waals surface area contributed by atoms with Gasteiger partial charge in [-0.2, -0.15) is 0 Å². The Labute approximate surface area is 116 Å². The first kappa shape index (κ1) is 16.6. The zero-order chi connectivity index (χ0) is 13.0. The predicted octanol–water partition coefficient (Wildman–Crippen LogP) is 5.37. The van der Waals surface area contributed by atoms with Crippen molar-refractivity contribution in [3.63, 3.8) is 0 Å². The van der Waals surface area contributed by atoms with Gasteiger partial charge in [0, 0.05) is 0 Å². The summed E-state index contributed by atoms with van der Waals surface area (Å²) in [6.45, 7) is 16.0. The van der Waals surface area contributed by atoms with Crippen LogP contribution in [0.5, 0.6) is 0 Å². The van der Waals surface area contributed by atoms with E-state index in [0.29, 0.717) is 17.1 Å². The molecule has 0 fully saturated rings. The third-order valence-electron chi connectivity index (χ3n) is 3.62. The van der Waals surface area contributed by atoms with Crippen molar-refractivity contribution in [3.8, 4) is 0 Å². The summed E-state index contributed by atoms with van der Waals surface area (Å²) in [6.07, 6.45) is 3.70. The van der Waals surface area contributed by atoms with Crippen LogP contribution >= 0.6 is 22.6 Å². The van der Waals surface area contributed by atoms with Crippen LogP contribution in [0.3, 0.4) is 0 Å². The summed E-state index contributed by atoms with van der Waals surface area (Å²) >= 11 is 2.28. The molecule has 0 aliphatic carbocycles. The molecule has 16 heavy (non-hydrogen) atoms. The highest BCUT2D eigenvalue weighted by atomic mass is 127. The topological polar surface area (TPSA) is 9.23 Å². The first-order valence-corrected chi connectivity index (χ1v) is 10.3. The molecule has 0 spiro atoms. The molecule has 1 nitrogen and oxygen atoms in total. The molecule has 0 saturated carbocycles. The average molecular weight is 354 g/mol. The smallest absolute Gasteiger partial charge is 0.192 e. The van der Waals surface area contributed by atoms with Gasteiger partial charge in [-0.25, -0.2) is 0 Å². The minimum absolute atomic E-state index is 0.300. The maximum atomic E-state index is 6.45. The Morgan fingerprint density at radius 2 is 1.81 bits per heavy atom. The van der Waals surface area contributed by atoms with Gasteiger partial charge < -0.3 is 4.43 Å². The van der Waals surface area contributed by atoms with Crippen molar-refractivity contribution in [3.05, 3.63) is 10.2 Å². The Morgan fingerprint density at radius 1 is 1.31 bits per heavy atom. The monoisotopic (exact) mass is 354 g/mol. The van der Waals surface area contributed by atoms with Gasteiger partial charge in [-0.1, -0.05) is 63.3 Å². The van der Waals surface area contributed by atoms with Crippen LogP contribution in [-0.2, 0) is 4.43 Å². The third kappa shape index (κ3) is 4.88. The van der Waals surface area contributed by atoms with Crippen LogP contribution in [-0.4, -0.2) is 14.4 Å². The second-order valence-electron chi connectivity index (χ2n) is 6.00. The first-order valence-electron chi connectivity index (χ1n) is 6.10. The van der Waals surface area contributed by atoms with Gasteiger partial charge in [-0.05, 0) is 34.6 Å². The molecular formula is C13H27IOSi. The van der Waals surface area contributed by atoms with E-state index >= 15 is 0 Å². The Kier molecular flexibility index (Phi) is 6.81. The fraction of sp³-hybridized carbons (Fsp3) is 0.846. The van der Waals surface area contributed by atoms with Crippen LogP contribution in [0.25, 0.3) is 0 Å². The van der Waals surface area contributed by atoms with E-state index in [1.807, 2.05) is 0 Å². The van der Waals surface area contributed by atoms with Crippen molar-refractivity contribution in [1.29, 1.82) is 0 Å². The van der Waals surface area contributed by atoms with Crippen LogP contribution < -0.4 is 0 Å². The molecule has 0 heterocycles. The van der Waals surface area contributed by atoms with Crippen molar-refractivity contribution in [1.82, 2.24) is 0 Å². The summed E-state index contributed by atoms with van der Waals surface area (Å²) in [4.78, 5) is 0. The van der Waals surface area contributed by atoms with Crippen molar-refractivity contribution >= 4 is 30.9 Å². The standard InChI is InChI=1S/C13H27IOSi/c1-8-12(11(2)9-10-14)15-16(6,7)13(3,4)5/h9-12H,8H2,1-7H3/b10-9+/t11-,12-/m1/s1. The van der Waals surface area contributed by atoms with Crippen LogP contribution in [0.2, 0.25) is 18.1 Å². The highest BCUT2D eigenvalue weighted by Gasteiger charge is 2.39. The molecule has 0 rings (SSSR count). The molecule has 0 amide bonds. The molecule has 2 atom stereocenters. The summed E-state index contributed by atoms with van der Waals surface area (Å²) < 4.78 is 8.55. The molecule has 0 aromatic carbocycles.